The van der Waals surface area contributed by atoms with Crippen molar-refractivity contribution in [3.63, 3.8) is 0 Å². The van der Waals surface area contributed by atoms with Crippen molar-refractivity contribution < 1.29 is 5.11 Å². The van der Waals surface area contributed by atoms with Gasteiger partial charge in [-0.15, -0.1) is 5.10 Å². The zero-order chi connectivity index (χ0) is 22.1. The van der Waals surface area contributed by atoms with Crippen molar-refractivity contribution in [3.8, 4) is 0 Å². The van der Waals surface area contributed by atoms with Gasteiger partial charge in [-0.3, -0.25) is 0 Å². The molecular formula is C25H28ClN3OSi. The second-order valence-electron chi connectivity index (χ2n) is 9.37. The summed E-state index contributed by atoms with van der Waals surface area (Å²) in [7, 11) is -1.67. The molecule has 0 saturated carbocycles. The van der Waals surface area contributed by atoms with Gasteiger partial charge in [0.1, 0.15) is 5.52 Å². The molecule has 0 radical (unpaired) electrons. The lowest BCUT2D eigenvalue weighted by molar-refractivity contribution is 0.121. The molecule has 4 rings (SSSR count). The normalized spacial score (nSPS) is 15.0. The summed E-state index contributed by atoms with van der Waals surface area (Å²) in [6.45, 7) is 7.02. The van der Waals surface area contributed by atoms with E-state index in [1.165, 1.54) is 0 Å². The molecule has 0 aliphatic heterocycles. The van der Waals surface area contributed by atoms with Gasteiger partial charge in [0.2, 0.25) is 0 Å². The Bertz CT molecular complexity index is 1170. The fourth-order valence-corrected chi connectivity index (χ4v) is 7.12. The van der Waals surface area contributed by atoms with Crippen LogP contribution in [0.2, 0.25) is 30.7 Å². The summed E-state index contributed by atoms with van der Waals surface area (Å²) in [6, 6.07) is 26.6. The highest BCUT2D eigenvalue weighted by atomic mass is 35.5. The minimum Gasteiger partial charge on any atom is -0.388 e. The SMILES string of the molecule is C[Si](C)(C)CC(CC(O)c1ccccc1)(c1ccccc1Cl)n1nnc2ccccc21. The third-order valence-corrected chi connectivity index (χ3v) is 7.65. The van der Waals surface area contributed by atoms with Gasteiger partial charge in [-0.1, -0.05) is 97.1 Å². The number of nitrogens with zero attached hydrogens (tertiary/aromatic N) is 3. The molecule has 0 spiro atoms. The second kappa shape index (κ2) is 8.58. The predicted molar refractivity (Wildman–Crippen MR) is 130 cm³/mol. The lowest BCUT2D eigenvalue weighted by atomic mass is 9.84. The molecule has 4 aromatic rings. The number of aliphatic hydroxyl groups is 1. The number of hydrogen-bond acceptors (Lipinski definition) is 3. The van der Waals surface area contributed by atoms with E-state index in [9.17, 15) is 5.11 Å². The lowest BCUT2D eigenvalue weighted by Crippen LogP contribution is -2.44. The predicted octanol–water partition coefficient (Wildman–Crippen LogP) is 6.29. The molecule has 1 aromatic heterocycles. The number of aliphatic hydroxyl groups excluding tert-OH is 1. The second-order valence-corrected chi connectivity index (χ2v) is 15.3. The first-order valence-electron chi connectivity index (χ1n) is 10.6. The fourth-order valence-electron chi connectivity index (χ4n) is 4.57. The Balaban J connectivity index is 1.98. The Morgan fingerprint density at radius 3 is 2.29 bits per heavy atom. The van der Waals surface area contributed by atoms with Gasteiger partial charge in [0.15, 0.2) is 0 Å². The summed E-state index contributed by atoms with van der Waals surface area (Å²) in [6.07, 6.45) is -0.213. The summed E-state index contributed by atoms with van der Waals surface area (Å²) in [5.41, 5.74) is 3.02. The molecule has 2 unspecified atom stereocenters. The highest BCUT2D eigenvalue weighted by molar-refractivity contribution is 6.76. The molecule has 0 saturated heterocycles. The maximum absolute atomic E-state index is 11.4. The molecular weight excluding hydrogens is 422 g/mol. The Hall–Kier alpha value is -2.47. The van der Waals surface area contributed by atoms with Crippen molar-refractivity contribution in [3.05, 3.63) is 95.0 Å². The first kappa shape index (κ1) is 21.7. The average Bonchev–Trinajstić information content (AvgIpc) is 3.18. The number of hydrogen-bond donors (Lipinski definition) is 1. The van der Waals surface area contributed by atoms with E-state index in [0.717, 1.165) is 28.2 Å². The zero-order valence-electron chi connectivity index (χ0n) is 18.2. The van der Waals surface area contributed by atoms with E-state index in [2.05, 4.69) is 36.0 Å². The number of benzene rings is 3. The highest BCUT2D eigenvalue weighted by Gasteiger charge is 2.43. The third kappa shape index (κ3) is 4.44. The monoisotopic (exact) mass is 449 g/mol. The molecule has 6 heteroatoms. The number of fused-ring (bicyclic) bond motifs is 1. The van der Waals surface area contributed by atoms with Crippen LogP contribution >= 0.6 is 11.6 Å². The molecule has 31 heavy (non-hydrogen) atoms. The van der Waals surface area contributed by atoms with Crippen LogP contribution in [0.25, 0.3) is 11.0 Å². The minimum absolute atomic E-state index is 0.457. The van der Waals surface area contributed by atoms with Crippen LogP contribution in [0.4, 0.5) is 0 Å². The minimum atomic E-state index is -1.67. The van der Waals surface area contributed by atoms with Gasteiger partial charge >= 0.3 is 0 Å². The van der Waals surface area contributed by atoms with Gasteiger partial charge in [0.25, 0.3) is 0 Å². The molecule has 0 amide bonds. The smallest absolute Gasteiger partial charge is 0.113 e. The Labute approximate surface area is 189 Å². The Morgan fingerprint density at radius 1 is 0.935 bits per heavy atom. The van der Waals surface area contributed by atoms with Crippen LogP contribution in [0.3, 0.4) is 0 Å². The molecule has 4 nitrogen and oxygen atoms in total. The van der Waals surface area contributed by atoms with Crippen molar-refractivity contribution in [2.45, 2.75) is 43.7 Å². The van der Waals surface area contributed by atoms with Crippen LogP contribution in [0.15, 0.2) is 78.9 Å². The van der Waals surface area contributed by atoms with E-state index in [4.69, 9.17) is 11.6 Å². The largest absolute Gasteiger partial charge is 0.388 e. The number of halogens is 1. The quantitative estimate of drug-likeness (QED) is 0.337. The van der Waals surface area contributed by atoms with E-state index in [-0.39, 0.29) is 0 Å². The molecule has 0 fully saturated rings. The Kier molecular flexibility index (Phi) is 6.02. The first-order chi connectivity index (χ1) is 14.8. The molecule has 3 aromatic carbocycles. The van der Waals surface area contributed by atoms with E-state index < -0.39 is 19.7 Å². The van der Waals surface area contributed by atoms with Gasteiger partial charge in [-0.05, 0) is 35.4 Å². The molecule has 160 valence electrons. The molecule has 0 aliphatic rings. The molecule has 2 atom stereocenters. The van der Waals surface area contributed by atoms with Gasteiger partial charge in [0.05, 0.1) is 17.2 Å². The van der Waals surface area contributed by atoms with E-state index in [1.54, 1.807) is 0 Å². The van der Waals surface area contributed by atoms with Crippen molar-refractivity contribution in [2.75, 3.05) is 0 Å². The highest BCUT2D eigenvalue weighted by Crippen LogP contribution is 2.45. The zero-order valence-corrected chi connectivity index (χ0v) is 19.9. The Morgan fingerprint density at radius 2 is 1.58 bits per heavy atom. The van der Waals surface area contributed by atoms with Gasteiger partial charge < -0.3 is 5.11 Å². The topological polar surface area (TPSA) is 50.9 Å². The maximum Gasteiger partial charge on any atom is 0.113 e. The fraction of sp³-hybridized carbons (Fsp3) is 0.280. The van der Waals surface area contributed by atoms with Crippen molar-refractivity contribution in [1.29, 1.82) is 0 Å². The number of para-hydroxylation sites is 1. The lowest BCUT2D eigenvalue weighted by Gasteiger charge is -2.41. The van der Waals surface area contributed by atoms with Gasteiger partial charge in [0, 0.05) is 19.5 Å². The molecule has 0 aliphatic carbocycles. The van der Waals surface area contributed by atoms with Crippen LogP contribution in [0.5, 0.6) is 0 Å². The standard InChI is InChI=1S/C25H28ClN3OSi/c1-31(2,3)18-25(20-13-7-8-14-21(20)26,17-24(30)19-11-5-4-6-12-19)29-23-16-10-9-15-22(23)27-28-29/h4-16,24,30H,17-18H2,1-3H3. The maximum atomic E-state index is 11.4. The summed E-state index contributed by atoms with van der Waals surface area (Å²) in [5, 5.41) is 21.2. The van der Waals surface area contributed by atoms with Crippen LogP contribution in [-0.2, 0) is 5.54 Å². The number of aromatic nitrogens is 3. The average molecular weight is 450 g/mol. The summed E-state index contributed by atoms with van der Waals surface area (Å²) in [4.78, 5) is 0. The summed E-state index contributed by atoms with van der Waals surface area (Å²) in [5.74, 6) is 0. The molecule has 1 N–H and O–H groups in total. The van der Waals surface area contributed by atoms with Crippen LogP contribution in [0, 0.1) is 0 Å². The third-order valence-electron chi connectivity index (χ3n) is 5.67. The summed E-state index contributed by atoms with van der Waals surface area (Å²) < 4.78 is 2.01. The van der Waals surface area contributed by atoms with Crippen molar-refractivity contribution in [1.82, 2.24) is 15.0 Å². The van der Waals surface area contributed by atoms with E-state index in [1.807, 2.05) is 77.5 Å². The molecule has 1 heterocycles. The van der Waals surface area contributed by atoms with Crippen LogP contribution in [-0.4, -0.2) is 28.2 Å². The van der Waals surface area contributed by atoms with Crippen LogP contribution < -0.4 is 0 Å². The van der Waals surface area contributed by atoms with Gasteiger partial charge in [-0.25, -0.2) is 4.68 Å². The van der Waals surface area contributed by atoms with Crippen molar-refractivity contribution in [2.24, 2.45) is 0 Å². The van der Waals surface area contributed by atoms with Crippen molar-refractivity contribution >= 4 is 30.7 Å². The molecule has 0 bridgehead atoms. The number of rotatable bonds is 7. The van der Waals surface area contributed by atoms with Gasteiger partial charge in [-0.2, -0.15) is 0 Å². The summed E-state index contributed by atoms with van der Waals surface area (Å²) >= 11 is 6.81. The first-order valence-corrected chi connectivity index (χ1v) is 14.7. The van der Waals surface area contributed by atoms with Crippen LogP contribution in [0.1, 0.15) is 23.7 Å². The van der Waals surface area contributed by atoms with E-state index in [0.29, 0.717) is 11.4 Å². The van der Waals surface area contributed by atoms with E-state index >= 15 is 0 Å².